The summed E-state index contributed by atoms with van der Waals surface area (Å²) < 4.78 is 0. The molecule has 0 bridgehead atoms. The largest absolute Gasteiger partial charge is 0.330 e. The van der Waals surface area contributed by atoms with E-state index in [1.54, 1.807) is 0 Å². The summed E-state index contributed by atoms with van der Waals surface area (Å²) >= 11 is 0. The van der Waals surface area contributed by atoms with Crippen molar-refractivity contribution in [2.75, 3.05) is 19.6 Å². The van der Waals surface area contributed by atoms with Crippen molar-refractivity contribution in [3.8, 4) is 0 Å². The summed E-state index contributed by atoms with van der Waals surface area (Å²) in [5.74, 6) is 0. The Labute approximate surface area is 105 Å². The molecule has 0 aliphatic heterocycles. The smallest absolute Gasteiger partial charge is 0.0547 e. The molecule has 0 fully saturated rings. The average Bonchev–Trinajstić information content (AvgIpc) is 2.28. The lowest BCUT2D eigenvalue weighted by atomic mass is 9.93. The summed E-state index contributed by atoms with van der Waals surface area (Å²) in [6.45, 7) is 12.3. The molecular weight excluding hydrogens is 210 g/mol. The molecule has 2 N–H and O–H groups in total. The van der Waals surface area contributed by atoms with E-state index in [1.807, 2.05) is 13.0 Å². The summed E-state index contributed by atoms with van der Waals surface area (Å²) in [5.41, 5.74) is 8.17. The van der Waals surface area contributed by atoms with Gasteiger partial charge in [-0.15, -0.1) is 0 Å². The standard InChI is InChI=1S/C14H25N3/c1-5-17(11-14(3,4)10-15)9-13-8-6-7-12(2)16-13/h6-8H,5,9-11,15H2,1-4H3. The molecule has 0 aromatic carbocycles. The van der Waals surface area contributed by atoms with Gasteiger partial charge >= 0.3 is 0 Å². The van der Waals surface area contributed by atoms with E-state index in [-0.39, 0.29) is 5.41 Å². The Morgan fingerprint density at radius 2 is 2.06 bits per heavy atom. The molecule has 0 amide bonds. The number of nitrogens with two attached hydrogens (primary N) is 1. The third-order valence-electron chi connectivity index (χ3n) is 2.98. The molecule has 0 saturated carbocycles. The average molecular weight is 235 g/mol. The molecule has 96 valence electrons. The van der Waals surface area contributed by atoms with Crippen LogP contribution >= 0.6 is 0 Å². The molecular formula is C14H25N3. The molecule has 0 aliphatic rings. The van der Waals surface area contributed by atoms with Crippen molar-refractivity contribution in [2.45, 2.75) is 34.2 Å². The number of pyridine rings is 1. The molecule has 0 spiro atoms. The Kier molecular flexibility index (Phi) is 5.09. The minimum atomic E-state index is 0.167. The first-order valence-corrected chi connectivity index (χ1v) is 6.32. The van der Waals surface area contributed by atoms with Gasteiger partial charge in [0.25, 0.3) is 0 Å². The number of hydrogen-bond donors (Lipinski definition) is 1. The summed E-state index contributed by atoms with van der Waals surface area (Å²) in [4.78, 5) is 6.94. The van der Waals surface area contributed by atoms with Crippen molar-refractivity contribution in [3.05, 3.63) is 29.6 Å². The fraction of sp³-hybridized carbons (Fsp3) is 0.643. The Morgan fingerprint density at radius 3 is 2.59 bits per heavy atom. The highest BCUT2D eigenvalue weighted by atomic mass is 15.1. The normalized spacial score (nSPS) is 12.1. The van der Waals surface area contributed by atoms with Crippen molar-refractivity contribution in [1.29, 1.82) is 0 Å². The zero-order chi connectivity index (χ0) is 12.9. The number of aryl methyl sites for hydroxylation is 1. The number of hydrogen-bond acceptors (Lipinski definition) is 3. The van der Waals surface area contributed by atoms with Crippen LogP contribution in [0.25, 0.3) is 0 Å². The summed E-state index contributed by atoms with van der Waals surface area (Å²) in [5, 5.41) is 0. The van der Waals surface area contributed by atoms with Gasteiger partial charge in [0.05, 0.1) is 5.69 Å². The zero-order valence-corrected chi connectivity index (χ0v) is 11.5. The van der Waals surface area contributed by atoms with Crippen LogP contribution in [0.15, 0.2) is 18.2 Å². The first-order chi connectivity index (χ1) is 7.96. The van der Waals surface area contributed by atoms with Crippen LogP contribution < -0.4 is 5.73 Å². The van der Waals surface area contributed by atoms with Crippen molar-refractivity contribution in [3.63, 3.8) is 0 Å². The molecule has 0 saturated heterocycles. The van der Waals surface area contributed by atoms with Crippen LogP contribution in [0.5, 0.6) is 0 Å². The van der Waals surface area contributed by atoms with Crippen molar-refractivity contribution in [1.82, 2.24) is 9.88 Å². The maximum atomic E-state index is 5.78. The van der Waals surface area contributed by atoms with E-state index in [4.69, 9.17) is 5.73 Å². The summed E-state index contributed by atoms with van der Waals surface area (Å²) in [7, 11) is 0. The van der Waals surface area contributed by atoms with E-state index >= 15 is 0 Å². The van der Waals surface area contributed by atoms with Gasteiger partial charge in [-0.05, 0) is 37.6 Å². The topological polar surface area (TPSA) is 42.2 Å². The minimum Gasteiger partial charge on any atom is -0.330 e. The van der Waals surface area contributed by atoms with Crippen molar-refractivity contribution in [2.24, 2.45) is 11.1 Å². The second-order valence-electron chi connectivity index (χ2n) is 5.44. The van der Waals surface area contributed by atoms with Crippen LogP contribution in [0, 0.1) is 12.3 Å². The van der Waals surface area contributed by atoms with Gasteiger partial charge in [0.15, 0.2) is 0 Å². The molecule has 3 heteroatoms. The molecule has 0 radical (unpaired) electrons. The van der Waals surface area contributed by atoms with Gasteiger partial charge in [0, 0.05) is 18.8 Å². The highest BCUT2D eigenvalue weighted by Crippen LogP contribution is 2.16. The number of rotatable bonds is 6. The second-order valence-corrected chi connectivity index (χ2v) is 5.44. The van der Waals surface area contributed by atoms with Crippen LogP contribution in [0.2, 0.25) is 0 Å². The maximum absolute atomic E-state index is 5.78. The Hall–Kier alpha value is -0.930. The van der Waals surface area contributed by atoms with Gasteiger partial charge in [0.1, 0.15) is 0 Å². The van der Waals surface area contributed by atoms with Crippen LogP contribution in [0.3, 0.4) is 0 Å². The van der Waals surface area contributed by atoms with E-state index in [2.05, 4.69) is 42.8 Å². The van der Waals surface area contributed by atoms with Crippen LogP contribution in [0.4, 0.5) is 0 Å². The van der Waals surface area contributed by atoms with E-state index in [1.165, 1.54) is 0 Å². The van der Waals surface area contributed by atoms with Crippen LogP contribution in [-0.2, 0) is 6.54 Å². The fourth-order valence-corrected chi connectivity index (χ4v) is 1.87. The molecule has 1 heterocycles. The summed E-state index contributed by atoms with van der Waals surface area (Å²) in [6, 6.07) is 6.19. The van der Waals surface area contributed by atoms with Gasteiger partial charge < -0.3 is 5.73 Å². The van der Waals surface area contributed by atoms with Crippen molar-refractivity contribution < 1.29 is 0 Å². The van der Waals surface area contributed by atoms with E-state index in [0.717, 1.165) is 31.0 Å². The first-order valence-electron chi connectivity index (χ1n) is 6.32. The molecule has 0 unspecified atom stereocenters. The van der Waals surface area contributed by atoms with E-state index < -0.39 is 0 Å². The summed E-state index contributed by atoms with van der Waals surface area (Å²) in [6.07, 6.45) is 0. The van der Waals surface area contributed by atoms with Gasteiger partial charge in [-0.2, -0.15) is 0 Å². The lowest BCUT2D eigenvalue weighted by molar-refractivity contribution is 0.182. The first kappa shape index (κ1) is 14.1. The monoisotopic (exact) mass is 235 g/mol. The Balaban J connectivity index is 2.64. The lowest BCUT2D eigenvalue weighted by Crippen LogP contribution is -2.38. The predicted molar refractivity (Wildman–Crippen MR) is 72.8 cm³/mol. The third kappa shape index (κ3) is 4.84. The highest BCUT2D eigenvalue weighted by Gasteiger charge is 2.19. The van der Waals surface area contributed by atoms with Crippen LogP contribution in [0.1, 0.15) is 32.2 Å². The maximum Gasteiger partial charge on any atom is 0.0547 e. The predicted octanol–water partition coefficient (Wildman–Crippen LogP) is 2.20. The SMILES string of the molecule is CCN(Cc1cccc(C)n1)CC(C)(C)CN. The highest BCUT2D eigenvalue weighted by molar-refractivity contribution is 5.09. The van der Waals surface area contributed by atoms with Gasteiger partial charge in [-0.1, -0.05) is 26.8 Å². The number of aromatic nitrogens is 1. The molecule has 1 rings (SSSR count). The third-order valence-corrected chi connectivity index (χ3v) is 2.98. The van der Waals surface area contributed by atoms with E-state index in [0.29, 0.717) is 6.54 Å². The number of nitrogens with zero attached hydrogens (tertiary/aromatic N) is 2. The zero-order valence-electron chi connectivity index (χ0n) is 11.5. The minimum absolute atomic E-state index is 0.167. The van der Waals surface area contributed by atoms with Gasteiger partial charge in [-0.3, -0.25) is 9.88 Å². The molecule has 0 atom stereocenters. The van der Waals surface area contributed by atoms with E-state index in [9.17, 15) is 0 Å². The second kappa shape index (κ2) is 6.12. The molecule has 17 heavy (non-hydrogen) atoms. The lowest BCUT2D eigenvalue weighted by Gasteiger charge is -2.30. The van der Waals surface area contributed by atoms with Crippen molar-refractivity contribution >= 4 is 0 Å². The molecule has 0 aliphatic carbocycles. The fourth-order valence-electron chi connectivity index (χ4n) is 1.87. The van der Waals surface area contributed by atoms with Gasteiger partial charge in [0.2, 0.25) is 0 Å². The molecule has 1 aromatic rings. The molecule has 1 aromatic heterocycles. The molecule has 3 nitrogen and oxygen atoms in total. The van der Waals surface area contributed by atoms with Crippen LogP contribution in [-0.4, -0.2) is 29.5 Å². The quantitative estimate of drug-likeness (QED) is 0.822. The Bertz CT molecular complexity index is 347. The van der Waals surface area contributed by atoms with Gasteiger partial charge in [-0.25, -0.2) is 0 Å². The Morgan fingerprint density at radius 1 is 1.35 bits per heavy atom.